The fraction of sp³-hybridized carbons (Fsp3) is 0.533. The minimum atomic E-state index is -4.23. The number of benzene rings is 1. The van der Waals surface area contributed by atoms with E-state index in [-0.39, 0.29) is 42.4 Å². The molecule has 6 nitrogen and oxygen atoms in total. The van der Waals surface area contributed by atoms with Crippen LogP contribution in [0.1, 0.15) is 36.0 Å². The summed E-state index contributed by atoms with van der Waals surface area (Å²) in [6.45, 7) is 0. The molecule has 0 spiro atoms. The molecule has 1 aliphatic carbocycles. The van der Waals surface area contributed by atoms with Crippen molar-refractivity contribution in [3.8, 4) is 0 Å². The number of carboxylic acids is 1. The molecule has 1 aromatic rings. The molecule has 10 heteroatoms. The lowest BCUT2D eigenvalue weighted by Gasteiger charge is -2.36. The number of rotatable bonds is 4. The molecule has 0 heterocycles. The lowest BCUT2D eigenvalue weighted by atomic mass is 9.85. The van der Waals surface area contributed by atoms with Gasteiger partial charge < -0.3 is 10.0 Å². The summed E-state index contributed by atoms with van der Waals surface area (Å²) in [7, 11) is 1.54. The van der Waals surface area contributed by atoms with Crippen LogP contribution in [0.25, 0.3) is 0 Å². The molecule has 0 aromatic heterocycles. The molecule has 1 aliphatic rings. The van der Waals surface area contributed by atoms with Gasteiger partial charge in [-0.1, -0.05) is 11.6 Å². The van der Waals surface area contributed by atoms with Crippen LogP contribution < -0.4 is 4.90 Å². The molecule has 0 bridgehead atoms. The first-order valence-electron chi connectivity index (χ1n) is 7.53. The minimum absolute atomic E-state index is 0.0484. The predicted octanol–water partition coefficient (Wildman–Crippen LogP) is 4.50. The minimum Gasteiger partial charge on any atom is -0.478 e. The Bertz CT molecular complexity index is 688. The van der Waals surface area contributed by atoms with Gasteiger partial charge in [-0.3, -0.25) is 10.1 Å². The van der Waals surface area contributed by atoms with Crippen molar-refractivity contribution in [2.24, 2.45) is 5.92 Å². The molecule has 0 unspecified atom stereocenters. The van der Waals surface area contributed by atoms with Crippen LogP contribution in [0.4, 0.5) is 24.5 Å². The summed E-state index contributed by atoms with van der Waals surface area (Å²) in [5.74, 6) is -2.75. The van der Waals surface area contributed by atoms with E-state index in [2.05, 4.69) is 0 Å². The first-order chi connectivity index (χ1) is 11.5. The molecule has 0 aliphatic heterocycles. The van der Waals surface area contributed by atoms with Crippen LogP contribution in [0, 0.1) is 16.0 Å². The van der Waals surface area contributed by atoms with Gasteiger partial charge in [-0.15, -0.1) is 0 Å². The third-order valence-corrected chi connectivity index (χ3v) is 4.89. The van der Waals surface area contributed by atoms with E-state index in [1.165, 1.54) is 18.0 Å². The zero-order valence-electron chi connectivity index (χ0n) is 13.2. The monoisotopic (exact) mass is 380 g/mol. The van der Waals surface area contributed by atoms with Crippen LogP contribution in [-0.2, 0) is 0 Å². The maximum atomic E-state index is 12.8. The molecule has 138 valence electrons. The molecule has 0 amide bonds. The van der Waals surface area contributed by atoms with Crippen LogP contribution in [-0.4, -0.2) is 35.3 Å². The number of nitro benzene ring substituents is 1. The zero-order chi connectivity index (χ0) is 18.9. The van der Waals surface area contributed by atoms with E-state index < -0.39 is 34.2 Å². The fourth-order valence-electron chi connectivity index (χ4n) is 3.13. The molecule has 0 atom stereocenters. The van der Waals surface area contributed by atoms with Crippen LogP contribution in [0.5, 0.6) is 0 Å². The Labute approximate surface area is 146 Å². The Balaban J connectivity index is 2.28. The van der Waals surface area contributed by atoms with Gasteiger partial charge in [0.05, 0.1) is 21.4 Å². The molecule has 1 aromatic carbocycles. The summed E-state index contributed by atoms with van der Waals surface area (Å²) in [6, 6.07) is 1.74. The maximum absolute atomic E-state index is 12.8. The standard InChI is InChI=1S/C15H16ClF3N2O4/c1-20(9-4-2-8(3-5-9)15(17,18)19)12-7-11(16)10(14(22)23)6-13(12)21(24)25/h6-9H,2-5H2,1H3,(H,22,23). The summed E-state index contributed by atoms with van der Waals surface area (Å²) < 4.78 is 38.3. The maximum Gasteiger partial charge on any atom is 0.391 e. The van der Waals surface area contributed by atoms with Gasteiger partial charge in [0, 0.05) is 19.2 Å². The number of hydrogen-bond acceptors (Lipinski definition) is 4. The third-order valence-electron chi connectivity index (χ3n) is 4.58. The molecule has 2 rings (SSSR count). The first kappa shape index (κ1) is 19.3. The van der Waals surface area contributed by atoms with Gasteiger partial charge in [0.1, 0.15) is 5.69 Å². The van der Waals surface area contributed by atoms with Gasteiger partial charge in [-0.2, -0.15) is 13.2 Å². The van der Waals surface area contributed by atoms with E-state index in [1.807, 2.05) is 0 Å². The number of aromatic carboxylic acids is 1. The van der Waals surface area contributed by atoms with Crippen LogP contribution in [0.3, 0.4) is 0 Å². The van der Waals surface area contributed by atoms with Crippen molar-refractivity contribution in [2.75, 3.05) is 11.9 Å². The zero-order valence-corrected chi connectivity index (χ0v) is 14.0. The van der Waals surface area contributed by atoms with Crippen LogP contribution in [0.2, 0.25) is 5.02 Å². The largest absolute Gasteiger partial charge is 0.478 e. The molecule has 0 radical (unpaired) electrons. The highest BCUT2D eigenvalue weighted by Gasteiger charge is 2.42. The number of alkyl halides is 3. The number of carboxylic acid groups (broad SMARTS) is 1. The summed E-state index contributed by atoms with van der Waals surface area (Å²) in [6.07, 6.45) is -3.87. The average Bonchev–Trinajstić information content (AvgIpc) is 2.52. The molecule has 1 saturated carbocycles. The number of halogens is 4. The van der Waals surface area contributed by atoms with Crippen molar-refractivity contribution in [3.05, 3.63) is 32.8 Å². The van der Waals surface area contributed by atoms with Gasteiger partial charge in [0.15, 0.2) is 0 Å². The van der Waals surface area contributed by atoms with Crippen molar-refractivity contribution >= 4 is 28.9 Å². The average molecular weight is 381 g/mol. The second-order valence-corrected chi connectivity index (χ2v) is 6.45. The van der Waals surface area contributed by atoms with Crippen LogP contribution >= 0.6 is 11.6 Å². The van der Waals surface area contributed by atoms with Gasteiger partial charge in [-0.05, 0) is 31.7 Å². The van der Waals surface area contributed by atoms with Crippen molar-refractivity contribution in [1.29, 1.82) is 0 Å². The highest BCUT2D eigenvalue weighted by Crippen LogP contribution is 2.41. The molecule has 1 fully saturated rings. The van der Waals surface area contributed by atoms with E-state index in [4.69, 9.17) is 16.7 Å². The lowest BCUT2D eigenvalue weighted by Crippen LogP contribution is -2.38. The predicted molar refractivity (Wildman–Crippen MR) is 85.3 cm³/mol. The summed E-state index contributed by atoms with van der Waals surface area (Å²) in [5, 5.41) is 20.1. The number of nitrogens with zero attached hydrogens (tertiary/aromatic N) is 2. The van der Waals surface area contributed by atoms with E-state index in [1.54, 1.807) is 0 Å². The molecule has 1 N–H and O–H groups in total. The van der Waals surface area contributed by atoms with Gasteiger partial charge >= 0.3 is 12.1 Å². The van der Waals surface area contributed by atoms with Crippen molar-refractivity contribution in [3.63, 3.8) is 0 Å². The number of hydrogen-bond donors (Lipinski definition) is 1. The first-order valence-corrected chi connectivity index (χ1v) is 7.91. The summed E-state index contributed by atoms with van der Waals surface area (Å²) in [4.78, 5) is 23.1. The smallest absolute Gasteiger partial charge is 0.391 e. The number of nitro groups is 1. The van der Waals surface area contributed by atoms with Gasteiger partial charge in [0.25, 0.3) is 5.69 Å². The Morgan fingerprint density at radius 1 is 1.32 bits per heavy atom. The van der Waals surface area contributed by atoms with E-state index in [9.17, 15) is 28.1 Å². The lowest BCUT2D eigenvalue weighted by molar-refractivity contribution is -0.384. The van der Waals surface area contributed by atoms with Crippen molar-refractivity contribution < 1.29 is 28.0 Å². The van der Waals surface area contributed by atoms with Gasteiger partial charge in [0.2, 0.25) is 0 Å². The van der Waals surface area contributed by atoms with Crippen LogP contribution in [0.15, 0.2) is 12.1 Å². The Morgan fingerprint density at radius 3 is 2.32 bits per heavy atom. The van der Waals surface area contributed by atoms with Crippen molar-refractivity contribution in [2.45, 2.75) is 37.9 Å². The quantitative estimate of drug-likeness (QED) is 0.614. The highest BCUT2D eigenvalue weighted by atomic mass is 35.5. The van der Waals surface area contributed by atoms with E-state index >= 15 is 0 Å². The number of anilines is 1. The second kappa shape index (κ2) is 7.07. The Kier molecular flexibility index (Phi) is 5.46. The summed E-state index contributed by atoms with van der Waals surface area (Å²) >= 11 is 5.89. The Hall–Kier alpha value is -2.03. The molecular weight excluding hydrogens is 365 g/mol. The third kappa shape index (κ3) is 4.15. The molecule has 25 heavy (non-hydrogen) atoms. The topological polar surface area (TPSA) is 83.7 Å². The fourth-order valence-corrected chi connectivity index (χ4v) is 3.37. The van der Waals surface area contributed by atoms with E-state index in [0.717, 1.165) is 6.07 Å². The van der Waals surface area contributed by atoms with Gasteiger partial charge in [-0.25, -0.2) is 4.79 Å². The molecule has 0 saturated heterocycles. The van der Waals surface area contributed by atoms with Crippen molar-refractivity contribution in [1.82, 2.24) is 0 Å². The SMILES string of the molecule is CN(c1cc(Cl)c(C(=O)O)cc1[N+](=O)[O-])C1CCC(C(F)(F)F)CC1. The molecular formula is C15H16ClF3N2O4. The second-order valence-electron chi connectivity index (χ2n) is 6.04. The van der Waals surface area contributed by atoms with E-state index in [0.29, 0.717) is 0 Å². The normalized spacial score (nSPS) is 21.0. The highest BCUT2D eigenvalue weighted by molar-refractivity contribution is 6.34. The Morgan fingerprint density at radius 2 is 1.88 bits per heavy atom. The summed E-state index contributed by atoms with van der Waals surface area (Å²) in [5.41, 5.74) is -0.746. The number of carbonyl (C=O) groups is 1.